The molecule has 0 aromatic carbocycles. The quantitative estimate of drug-likeness (QED) is 0.566. The molecule has 4 heteroatoms. The normalized spacial score (nSPS) is 35.2. The first-order valence-corrected chi connectivity index (χ1v) is 4.56. The second-order valence-electron chi connectivity index (χ2n) is 3.66. The van der Waals surface area contributed by atoms with Gasteiger partial charge in [-0.05, 0) is 24.3 Å². The number of rotatable bonds is 2. The lowest BCUT2D eigenvalue weighted by Gasteiger charge is -2.28. The summed E-state index contributed by atoms with van der Waals surface area (Å²) >= 11 is 0. The van der Waals surface area contributed by atoms with Gasteiger partial charge in [-0.15, -0.1) is 0 Å². The summed E-state index contributed by atoms with van der Waals surface area (Å²) in [4.78, 5) is 0. The molecule has 0 aromatic rings. The van der Waals surface area contributed by atoms with Gasteiger partial charge in [0.15, 0.2) is 0 Å². The topological polar surface area (TPSA) is 69.9 Å². The van der Waals surface area contributed by atoms with Crippen molar-refractivity contribution < 1.29 is 20.1 Å². The summed E-state index contributed by atoms with van der Waals surface area (Å²) in [5, 5.41) is 27.9. The largest absolute Gasteiger partial charge is 0.509 e. The standard InChI is InChI=1S/C9H14O4/c10-3-7-9(12)8(11)6(4-13-7)5-1-2-5/h5,7,9-12H,1-4H2/t7?,9-/m0/s1. The van der Waals surface area contributed by atoms with Crippen molar-refractivity contribution in [3.05, 3.63) is 11.3 Å². The number of aliphatic hydroxyl groups excluding tert-OH is 3. The van der Waals surface area contributed by atoms with Gasteiger partial charge in [0.05, 0.1) is 13.2 Å². The van der Waals surface area contributed by atoms with Crippen LogP contribution in [0.15, 0.2) is 11.3 Å². The van der Waals surface area contributed by atoms with Crippen molar-refractivity contribution in [1.82, 2.24) is 0 Å². The van der Waals surface area contributed by atoms with Crippen LogP contribution in [-0.4, -0.2) is 40.7 Å². The minimum absolute atomic E-state index is 0.0211. The van der Waals surface area contributed by atoms with Gasteiger partial charge in [0.1, 0.15) is 18.0 Å². The van der Waals surface area contributed by atoms with E-state index in [9.17, 15) is 10.2 Å². The molecule has 0 spiro atoms. The smallest absolute Gasteiger partial charge is 0.139 e. The van der Waals surface area contributed by atoms with Gasteiger partial charge < -0.3 is 20.1 Å². The Morgan fingerprint density at radius 2 is 2.08 bits per heavy atom. The van der Waals surface area contributed by atoms with E-state index in [1.54, 1.807) is 0 Å². The molecule has 13 heavy (non-hydrogen) atoms. The number of hydrogen-bond acceptors (Lipinski definition) is 4. The van der Waals surface area contributed by atoms with E-state index < -0.39 is 12.2 Å². The number of hydrogen-bond donors (Lipinski definition) is 3. The van der Waals surface area contributed by atoms with E-state index in [4.69, 9.17) is 9.84 Å². The third kappa shape index (κ3) is 1.57. The Hall–Kier alpha value is -0.580. The molecule has 1 saturated carbocycles. The fourth-order valence-electron chi connectivity index (χ4n) is 1.64. The molecular weight excluding hydrogens is 172 g/mol. The molecule has 2 atom stereocenters. The van der Waals surface area contributed by atoms with E-state index in [0.29, 0.717) is 12.5 Å². The summed E-state index contributed by atoms with van der Waals surface area (Å²) in [6.45, 7) is 0.0853. The van der Waals surface area contributed by atoms with Crippen LogP contribution in [0.4, 0.5) is 0 Å². The first kappa shape index (κ1) is 8.99. The lowest BCUT2D eigenvalue weighted by atomic mass is 10.0. The maximum absolute atomic E-state index is 9.59. The molecule has 1 aliphatic carbocycles. The molecule has 1 heterocycles. The monoisotopic (exact) mass is 186 g/mol. The molecule has 0 radical (unpaired) electrons. The fourth-order valence-corrected chi connectivity index (χ4v) is 1.64. The molecule has 1 fully saturated rings. The van der Waals surface area contributed by atoms with E-state index >= 15 is 0 Å². The van der Waals surface area contributed by atoms with Crippen LogP contribution in [0.5, 0.6) is 0 Å². The first-order valence-electron chi connectivity index (χ1n) is 4.56. The second-order valence-corrected chi connectivity index (χ2v) is 3.66. The molecule has 4 nitrogen and oxygen atoms in total. The average molecular weight is 186 g/mol. The number of ether oxygens (including phenoxy) is 1. The van der Waals surface area contributed by atoms with Crippen molar-refractivity contribution in [3.8, 4) is 0 Å². The predicted octanol–water partition coefficient (Wildman–Crippen LogP) is -0.0395. The molecule has 0 aromatic heterocycles. The maximum Gasteiger partial charge on any atom is 0.139 e. The third-order valence-corrected chi connectivity index (χ3v) is 2.66. The molecule has 2 rings (SSSR count). The van der Waals surface area contributed by atoms with Gasteiger partial charge in [-0.2, -0.15) is 0 Å². The minimum atomic E-state index is -1.05. The van der Waals surface area contributed by atoms with Crippen LogP contribution >= 0.6 is 0 Å². The van der Waals surface area contributed by atoms with Gasteiger partial charge in [0.25, 0.3) is 0 Å². The highest BCUT2D eigenvalue weighted by molar-refractivity contribution is 5.22. The molecule has 1 aliphatic heterocycles. The SMILES string of the molecule is OCC1OCC(C2CC2)=C(O)[C@H]1O. The first-order chi connectivity index (χ1) is 6.24. The fraction of sp³-hybridized carbons (Fsp3) is 0.778. The Kier molecular flexibility index (Phi) is 2.27. The Balaban J connectivity index is 2.14. The van der Waals surface area contributed by atoms with Gasteiger partial charge in [-0.1, -0.05) is 0 Å². The van der Waals surface area contributed by atoms with Crippen LogP contribution < -0.4 is 0 Å². The zero-order chi connectivity index (χ0) is 9.42. The summed E-state index contributed by atoms with van der Waals surface area (Å²) in [7, 11) is 0. The summed E-state index contributed by atoms with van der Waals surface area (Å²) in [6.07, 6.45) is 0.426. The molecule has 0 saturated heterocycles. The highest BCUT2D eigenvalue weighted by atomic mass is 16.5. The molecular formula is C9H14O4. The molecule has 3 N–H and O–H groups in total. The minimum Gasteiger partial charge on any atom is -0.509 e. The van der Waals surface area contributed by atoms with Crippen LogP contribution in [0.1, 0.15) is 12.8 Å². The molecule has 2 aliphatic rings. The summed E-state index contributed by atoms with van der Waals surface area (Å²) in [5.74, 6) is 0.419. The van der Waals surface area contributed by atoms with Crippen LogP contribution in [-0.2, 0) is 4.74 Å². The molecule has 74 valence electrons. The predicted molar refractivity (Wildman–Crippen MR) is 45.2 cm³/mol. The molecule has 0 bridgehead atoms. The lowest BCUT2D eigenvalue weighted by Crippen LogP contribution is -2.39. The second kappa shape index (κ2) is 3.29. The summed E-state index contributed by atoms with van der Waals surface area (Å²) in [5.41, 5.74) is 0.817. The molecule has 1 unspecified atom stereocenters. The van der Waals surface area contributed by atoms with E-state index in [-0.39, 0.29) is 12.4 Å². The van der Waals surface area contributed by atoms with Gasteiger partial charge >= 0.3 is 0 Å². The van der Waals surface area contributed by atoms with Crippen molar-refractivity contribution in [1.29, 1.82) is 0 Å². The van der Waals surface area contributed by atoms with E-state index in [1.807, 2.05) is 0 Å². The zero-order valence-corrected chi connectivity index (χ0v) is 7.31. The Morgan fingerprint density at radius 3 is 2.62 bits per heavy atom. The van der Waals surface area contributed by atoms with Crippen LogP contribution in [0.2, 0.25) is 0 Å². The maximum atomic E-state index is 9.59. The summed E-state index contributed by atoms with van der Waals surface area (Å²) < 4.78 is 5.21. The van der Waals surface area contributed by atoms with E-state index in [0.717, 1.165) is 18.4 Å². The third-order valence-electron chi connectivity index (χ3n) is 2.66. The van der Waals surface area contributed by atoms with Crippen LogP contribution in [0, 0.1) is 5.92 Å². The highest BCUT2D eigenvalue weighted by Gasteiger charge is 2.37. The van der Waals surface area contributed by atoms with Crippen molar-refractivity contribution in [2.24, 2.45) is 5.92 Å². The van der Waals surface area contributed by atoms with E-state index in [2.05, 4.69) is 0 Å². The average Bonchev–Trinajstić information content (AvgIpc) is 2.93. The van der Waals surface area contributed by atoms with Crippen LogP contribution in [0.3, 0.4) is 0 Å². The highest BCUT2D eigenvalue weighted by Crippen LogP contribution is 2.40. The van der Waals surface area contributed by atoms with Gasteiger partial charge in [0.2, 0.25) is 0 Å². The Labute approximate surface area is 76.5 Å². The van der Waals surface area contributed by atoms with Crippen molar-refractivity contribution in [2.75, 3.05) is 13.2 Å². The van der Waals surface area contributed by atoms with Gasteiger partial charge in [-0.3, -0.25) is 0 Å². The molecule has 0 amide bonds. The van der Waals surface area contributed by atoms with Crippen molar-refractivity contribution >= 4 is 0 Å². The van der Waals surface area contributed by atoms with Crippen LogP contribution in [0.25, 0.3) is 0 Å². The number of aliphatic hydroxyl groups is 3. The van der Waals surface area contributed by atoms with Gasteiger partial charge in [0, 0.05) is 0 Å². The summed E-state index contributed by atoms with van der Waals surface area (Å²) in [6, 6.07) is 0. The Morgan fingerprint density at radius 1 is 1.38 bits per heavy atom. The van der Waals surface area contributed by atoms with E-state index in [1.165, 1.54) is 0 Å². The zero-order valence-electron chi connectivity index (χ0n) is 7.31. The van der Waals surface area contributed by atoms with Crippen molar-refractivity contribution in [2.45, 2.75) is 25.0 Å². The Bertz CT molecular complexity index is 232. The van der Waals surface area contributed by atoms with Crippen molar-refractivity contribution in [3.63, 3.8) is 0 Å². The van der Waals surface area contributed by atoms with Gasteiger partial charge in [-0.25, -0.2) is 0 Å². The lowest BCUT2D eigenvalue weighted by molar-refractivity contribution is -0.0712.